The Morgan fingerprint density at radius 1 is 1.00 bits per heavy atom. The summed E-state index contributed by atoms with van der Waals surface area (Å²) in [6.07, 6.45) is 15.5. The van der Waals surface area contributed by atoms with Gasteiger partial charge in [0.25, 0.3) is 0 Å². The van der Waals surface area contributed by atoms with Crippen LogP contribution in [0.5, 0.6) is 0 Å². The first-order valence-electron chi connectivity index (χ1n) is 9.09. The summed E-state index contributed by atoms with van der Waals surface area (Å²) in [6, 6.07) is 12.1. The smallest absolute Gasteiger partial charge is 0.0626 e. The number of hydrogen-bond acceptors (Lipinski definition) is 2. The Morgan fingerprint density at radius 2 is 1.83 bits per heavy atom. The van der Waals surface area contributed by atoms with Crippen molar-refractivity contribution in [2.75, 3.05) is 0 Å². The molecule has 1 aromatic carbocycles. The Morgan fingerprint density at radius 3 is 2.74 bits per heavy atom. The first-order valence-corrected chi connectivity index (χ1v) is 9.09. The van der Waals surface area contributed by atoms with E-state index in [0.717, 1.165) is 17.8 Å². The molecule has 2 saturated carbocycles. The molecule has 23 heavy (non-hydrogen) atoms. The summed E-state index contributed by atoms with van der Waals surface area (Å²) in [6.45, 7) is 0. The Kier molecular flexibility index (Phi) is 3.26. The van der Waals surface area contributed by atoms with Crippen molar-refractivity contribution in [1.82, 2.24) is 5.32 Å². The maximum Gasteiger partial charge on any atom is 0.0626 e. The molecule has 0 spiro atoms. The van der Waals surface area contributed by atoms with Crippen molar-refractivity contribution in [3.63, 3.8) is 0 Å². The number of piperidine rings is 1. The van der Waals surface area contributed by atoms with Gasteiger partial charge in [-0.1, -0.05) is 54.6 Å². The van der Waals surface area contributed by atoms with Crippen LogP contribution < -0.4 is 5.32 Å². The summed E-state index contributed by atoms with van der Waals surface area (Å²) in [5.41, 5.74) is 1.22. The highest BCUT2D eigenvalue weighted by molar-refractivity contribution is 5.79. The lowest BCUT2D eigenvalue weighted by Crippen LogP contribution is -2.59. The summed E-state index contributed by atoms with van der Waals surface area (Å²) in [5.74, 6) is 3.02. The van der Waals surface area contributed by atoms with E-state index in [1.54, 1.807) is 0 Å². The topological polar surface area (TPSA) is 24.4 Å². The maximum atomic E-state index is 5.15. The molecule has 1 aromatic rings. The third kappa shape index (κ3) is 2.23. The van der Waals surface area contributed by atoms with Gasteiger partial charge in [-0.2, -0.15) is 0 Å². The van der Waals surface area contributed by atoms with Gasteiger partial charge in [0, 0.05) is 30.1 Å². The molecule has 0 radical (unpaired) electrons. The molecule has 2 nitrogen and oxygen atoms in total. The minimum absolute atomic E-state index is 0.433. The summed E-state index contributed by atoms with van der Waals surface area (Å²) >= 11 is 0. The zero-order valence-electron chi connectivity index (χ0n) is 13.4. The van der Waals surface area contributed by atoms with Crippen LogP contribution in [0.3, 0.4) is 0 Å². The molecule has 1 saturated heterocycles. The lowest BCUT2D eigenvalue weighted by molar-refractivity contribution is 0.124. The van der Waals surface area contributed by atoms with Gasteiger partial charge in [-0.3, -0.25) is 4.99 Å². The summed E-state index contributed by atoms with van der Waals surface area (Å²) in [4.78, 5) is 5.15. The van der Waals surface area contributed by atoms with Crippen LogP contribution in [0.2, 0.25) is 0 Å². The van der Waals surface area contributed by atoms with E-state index in [1.165, 1.54) is 24.8 Å². The summed E-state index contributed by atoms with van der Waals surface area (Å²) in [7, 11) is 0. The number of fused-ring (bicyclic) bond motifs is 6. The molecular weight excluding hydrogens is 280 g/mol. The monoisotopic (exact) mass is 304 g/mol. The molecule has 0 amide bonds. The fourth-order valence-corrected chi connectivity index (χ4v) is 5.58. The summed E-state index contributed by atoms with van der Waals surface area (Å²) < 4.78 is 0. The van der Waals surface area contributed by atoms with Crippen molar-refractivity contribution in [1.29, 1.82) is 0 Å². The van der Waals surface area contributed by atoms with Gasteiger partial charge in [0.05, 0.1) is 6.04 Å². The van der Waals surface area contributed by atoms with E-state index in [0.29, 0.717) is 24.0 Å². The van der Waals surface area contributed by atoms with Crippen molar-refractivity contribution >= 4 is 6.21 Å². The number of nitrogens with one attached hydrogen (secondary N) is 1. The average molecular weight is 304 g/mol. The van der Waals surface area contributed by atoms with Crippen LogP contribution in [0.1, 0.15) is 24.8 Å². The molecule has 2 bridgehead atoms. The molecule has 0 aromatic heterocycles. The van der Waals surface area contributed by atoms with Crippen LogP contribution in [0.4, 0.5) is 0 Å². The molecule has 2 heteroatoms. The van der Waals surface area contributed by atoms with Gasteiger partial charge < -0.3 is 5.32 Å². The lowest BCUT2D eigenvalue weighted by Gasteiger charge is -2.47. The van der Waals surface area contributed by atoms with Crippen molar-refractivity contribution in [2.24, 2.45) is 28.7 Å². The zero-order valence-corrected chi connectivity index (χ0v) is 13.4. The number of aliphatic imine (C=N–C) groups is 1. The first-order chi connectivity index (χ1) is 11.4. The van der Waals surface area contributed by atoms with Gasteiger partial charge >= 0.3 is 0 Å². The van der Waals surface area contributed by atoms with Gasteiger partial charge in [-0.15, -0.1) is 0 Å². The number of hydrogen-bond donors (Lipinski definition) is 1. The normalized spacial score (nSPS) is 43.7. The standard InChI is InChI=1S/C21H24N2/c1-2-6-14(7-3-1)13-22-21-17-8-4-5-9-18(17)23-20-16-11-10-15(12-16)19(20)21/h1-9,13,15-21,23H,10-12H2. The number of rotatable bonds is 2. The highest BCUT2D eigenvalue weighted by atomic mass is 15.1. The van der Waals surface area contributed by atoms with Gasteiger partial charge in [0.15, 0.2) is 0 Å². The SMILES string of the molecule is C1=CC2NC3C4CCC(C4)C3C(N=Cc3ccccc3)C2C=C1. The largest absolute Gasteiger partial charge is 0.306 e. The molecule has 7 atom stereocenters. The van der Waals surface area contributed by atoms with Crippen LogP contribution >= 0.6 is 0 Å². The van der Waals surface area contributed by atoms with E-state index in [-0.39, 0.29) is 0 Å². The van der Waals surface area contributed by atoms with E-state index in [9.17, 15) is 0 Å². The van der Waals surface area contributed by atoms with Crippen LogP contribution in [-0.4, -0.2) is 24.3 Å². The van der Waals surface area contributed by atoms with Gasteiger partial charge in [-0.25, -0.2) is 0 Å². The van der Waals surface area contributed by atoms with Crippen molar-refractivity contribution in [2.45, 2.75) is 37.4 Å². The molecule has 5 rings (SSSR count). The van der Waals surface area contributed by atoms with Gasteiger partial charge in [0.2, 0.25) is 0 Å². The minimum Gasteiger partial charge on any atom is -0.306 e. The zero-order chi connectivity index (χ0) is 15.2. The van der Waals surface area contributed by atoms with E-state index >= 15 is 0 Å². The minimum atomic E-state index is 0.433. The Labute approximate surface area is 138 Å². The Hall–Kier alpha value is -1.67. The first kappa shape index (κ1) is 13.7. The van der Waals surface area contributed by atoms with Crippen LogP contribution in [-0.2, 0) is 0 Å². The molecule has 1 heterocycles. The van der Waals surface area contributed by atoms with Gasteiger partial charge in [0.1, 0.15) is 0 Å². The van der Waals surface area contributed by atoms with E-state index in [1.807, 2.05) is 0 Å². The number of benzene rings is 1. The second kappa shape index (κ2) is 5.45. The quantitative estimate of drug-likeness (QED) is 0.830. The summed E-state index contributed by atoms with van der Waals surface area (Å²) in [5, 5.41) is 3.96. The average Bonchev–Trinajstić information content (AvgIpc) is 3.21. The molecule has 1 aliphatic heterocycles. The highest BCUT2D eigenvalue weighted by Crippen LogP contribution is 2.54. The number of nitrogens with zero attached hydrogens (tertiary/aromatic N) is 1. The van der Waals surface area contributed by atoms with Crippen LogP contribution in [0.15, 0.2) is 59.6 Å². The molecule has 3 fully saturated rings. The Balaban J connectivity index is 1.49. The fraction of sp³-hybridized carbons (Fsp3) is 0.476. The molecule has 3 aliphatic carbocycles. The molecule has 7 unspecified atom stereocenters. The van der Waals surface area contributed by atoms with E-state index < -0.39 is 0 Å². The van der Waals surface area contributed by atoms with E-state index in [4.69, 9.17) is 4.99 Å². The lowest BCUT2D eigenvalue weighted by atomic mass is 9.69. The number of allylic oxidation sites excluding steroid dienone is 2. The van der Waals surface area contributed by atoms with Crippen LogP contribution in [0.25, 0.3) is 0 Å². The maximum absolute atomic E-state index is 5.15. The van der Waals surface area contributed by atoms with Gasteiger partial charge in [-0.05, 0) is 36.7 Å². The van der Waals surface area contributed by atoms with E-state index in [2.05, 4.69) is 66.2 Å². The third-order valence-corrected chi connectivity index (χ3v) is 6.53. The second-order valence-electron chi connectivity index (χ2n) is 7.66. The fourth-order valence-electron chi connectivity index (χ4n) is 5.58. The second-order valence-corrected chi connectivity index (χ2v) is 7.66. The highest BCUT2D eigenvalue weighted by Gasteiger charge is 2.55. The predicted molar refractivity (Wildman–Crippen MR) is 94.6 cm³/mol. The van der Waals surface area contributed by atoms with Crippen molar-refractivity contribution < 1.29 is 0 Å². The molecular formula is C21H24N2. The molecule has 4 aliphatic rings. The van der Waals surface area contributed by atoms with Crippen molar-refractivity contribution in [3.05, 3.63) is 60.2 Å². The predicted octanol–water partition coefficient (Wildman–Crippen LogP) is 3.60. The Bertz CT molecular complexity index is 660. The van der Waals surface area contributed by atoms with Crippen molar-refractivity contribution in [3.8, 4) is 0 Å². The third-order valence-electron chi connectivity index (χ3n) is 6.53. The molecule has 1 N–H and O–H groups in total. The molecule has 118 valence electrons. The van der Waals surface area contributed by atoms with Crippen LogP contribution in [0, 0.1) is 23.7 Å².